The average Bonchev–Trinajstić information content (AvgIpc) is 2.45. The number of nitrogens with zero attached hydrogens (tertiary/aromatic N) is 2. The lowest BCUT2D eigenvalue weighted by atomic mass is 10.1. The van der Waals surface area contributed by atoms with Crippen LogP contribution in [0.15, 0.2) is 42.6 Å². The molecule has 0 fully saturated rings. The molecule has 2 aromatic rings. The van der Waals surface area contributed by atoms with Crippen LogP contribution in [0, 0.1) is 0 Å². The summed E-state index contributed by atoms with van der Waals surface area (Å²) < 4.78 is 26.5. The van der Waals surface area contributed by atoms with Gasteiger partial charge in [-0.1, -0.05) is 12.1 Å². The predicted octanol–water partition coefficient (Wildman–Crippen LogP) is 1.78. The molecular weight excluding hydrogens is 288 g/mol. The van der Waals surface area contributed by atoms with Gasteiger partial charge in [0.25, 0.3) is 10.1 Å². The summed E-state index contributed by atoms with van der Waals surface area (Å²) in [6.07, 6.45) is 4.94. The molecule has 0 aliphatic carbocycles. The van der Waals surface area contributed by atoms with E-state index in [1.807, 2.05) is 36.4 Å². The third-order valence-corrected chi connectivity index (χ3v) is 3.48. The van der Waals surface area contributed by atoms with Crippen LogP contribution in [0.5, 0.6) is 0 Å². The Balaban J connectivity index is 1.88. The van der Waals surface area contributed by atoms with Crippen LogP contribution in [-0.4, -0.2) is 31.2 Å². The smallest absolute Gasteiger partial charge is 0.264 e. The highest BCUT2D eigenvalue weighted by Gasteiger charge is 2.04. The standard InChI is InChI=1S/C15H18N2O3S/c1-21(18,19)20-12-10-15-7-4-6-14(17-15)9-8-13-5-2-3-11-16-13/h2-7,11H,8-10,12H2,1H3. The van der Waals surface area contributed by atoms with E-state index in [0.717, 1.165) is 36.2 Å². The highest BCUT2D eigenvalue weighted by atomic mass is 32.2. The summed E-state index contributed by atoms with van der Waals surface area (Å²) >= 11 is 0. The number of pyridine rings is 2. The van der Waals surface area contributed by atoms with Crippen molar-refractivity contribution in [2.75, 3.05) is 12.9 Å². The maximum atomic E-state index is 10.9. The molecule has 21 heavy (non-hydrogen) atoms. The minimum absolute atomic E-state index is 0.121. The highest BCUT2D eigenvalue weighted by Crippen LogP contribution is 2.06. The molecule has 0 aliphatic rings. The van der Waals surface area contributed by atoms with Gasteiger partial charge >= 0.3 is 0 Å². The van der Waals surface area contributed by atoms with E-state index in [4.69, 9.17) is 4.18 Å². The van der Waals surface area contributed by atoms with Crippen molar-refractivity contribution in [3.8, 4) is 0 Å². The molecular formula is C15H18N2O3S. The number of hydrogen-bond acceptors (Lipinski definition) is 5. The second-order valence-corrected chi connectivity index (χ2v) is 6.36. The molecule has 0 amide bonds. The zero-order chi connectivity index (χ0) is 15.1. The highest BCUT2D eigenvalue weighted by molar-refractivity contribution is 7.85. The largest absolute Gasteiger partial charge is 0.270 e. The van der Waals surface area contributed by atoms with E-state index in [0.29, 0.717) is 6.42 Å². The Morgan fingerprint density at radius 1 is 0.952 bits per heavy atom. The van der Waals surface area contributed by atoms with Crippen molar-refractivity contribution in [1.29, 1.82) is 0 Å². The molecule has 0 radical (unpaired) electrons. The second kappa shape index (κ2) is 7.28. The summed E-state index contributed by atoms with van der Waals surface area (Å²) in [4.78, 5) is 8.78. The summed E-state index contributed by atoms with van der Waals surface area (Å²) in [6.45, 7) is 0.121. The molecule has 0 aliphatic heterocycles. The van der Waals surface area contributed by atoms with Gasteiger partial charge in [0, 0.05) is 29.7 Å². The minimum Gasteiger partial charge on any atom is -0.270 e. The lowest BCUT2D eigenvalue weighted by Gasteiger charge is -2.05. The van der Waals surface area contributed by atoms with E-state index in [1.54, 1.807) is 6.20 Å². The lowest BCUT2D eigenvalue weighted by molar-refractivity contribution is 0.324. The van der Waals surface area contributed by atoms with Gasteiger partial charge in [-0.2, -0.15) is 8.42 Å². The zero-order valence-electron chi connectivity index (χ0n) is 11.9. The molecule has 0 N–H and O–H groups in total. The fourth-order valence-electron chi connectivity index (χ4n) is 1.91. The SMILES string of the molecule is CS(=O)(=O)OCCc1cccc(CCc2ccccn2)n1. The number of aromatic nitrogens is 2. The van der Waals surface area contributed by atoms with Crippen molar-refractivity contribution >= 4 is 10.1 Å². The van der Waals surface area contributed by atoms with Gasteiger partial charge in [0.1, 0.15) is 0 Å². The van der Waals surface area contributed by atoms with Crippen LogP contribution >= 0.6 is 0 Å². The van der Waals surface area contributed by atoms with Crippen LogP contribution in [0.2, 0.25) is 0 Å². The van der Waals surface area contributed by atoms with Gasteiger partial charge in [0.15, 0.2) is 0 Å². The van der Waals surface area contributed by atoms with Crippen molar-refractivity contribution in [2.24, 2.45) is 0 Å². The first-order valence-electron chi connectivity index (χ1n) is 6.72. The van der Waals surface area contributed by atoms with Gasteiger partial charge in [0.2, 0.25) is 0 Å². The van der Waals surface area contributed by atoms with Crippen molar-refractivity contribution in [2.45, 2.75) is 19.3 Å². The van der Waals surface area contributed by atoms with Gasteiger partial charge < -0.3 is 0 Å². The topological polar surface area (TPSA) is 69.2 Å². The normalized spacial score (nSPS) is 11.5. The molecule has 0 aromatic carbocycles. The molecule has 0 atom stereocenters. The molecule has 2 rings (SSSR count). The van der Waals surface area contributed by atoms with Crippen LogP contribution in [0.3, 0.4) is 0 Å². The van der Waals surface area contributed by atoms with E-state index < -0.39 is 10.1 Å². The van der Waals surface area contributed by atoms with E-state index in [9.17, 15) is 8.42 Å². The van der Waals surface area contributed by atoms with Gasteiger partial charge in [-0.05, 0) is 37.1 Å². The molecule has 5 nitrogen and oxygen atoms in total. The summed E-state index contributed by atoms with van der Waals surface area (Å²) in [7, 11) is -3.39. The third-order valence-electron chi connectivity index (χ3n) is 2.88. The Hall–Kier alpha value is -1.79. The van der Waals surface area contributed by atoms with Crippen molar-refractivity contribution in [3.63, 3.8) is 0 Å². The van der Waals surface area contributed by atoms with Crippen LogP contribution in [0.1, 0.15) is 17.1 Å². The van der Waals surface area contributed by atoms with Crippen LogP contribution in [0.4, 0.5) is 0 Å². The fourth-order valence-corrected chi connectivity index (χ4v) is 2.29. The van der Waals surface area contributed by atoms with Crippen molar-refractivity contribution < 1.29 is 12.6 Å². The Morgan fingerprint density at radius 3 is 2.29 bits per heavy atom. The zero-order valence-corrected chi connectivity index (χ0v) is 12.7. The predicted molar refractivity (Wildman–Crippen MR) is 80.4 cm³/mol. The number of rotatable bonds is 7. The van der Waals surface area contributed by atoms with Crippen LogP contribution in [-0.2, 0) is 33.6 Å². The molecule has 112 valence electrons. The lowest BCUT2D eigenvalue weighted by Crippen LogP contribution is -2.07. The molecule has 2 aromatic heterocycles. The van der Waals surface area contributed by atoms with E-state index in [1.165, 1.54) is 0 Å². The summed E-state index contributed by atoms with van der Waals surface area (Å²) in [5, 5.41) is 0. The Kier molecular flexibility index (Phi) is 5.41. The minimum atomic E-state index is -3.39. The van der Waals surface area contributed by atoms with Crippen LogP contribution in [0.25, 0.3) is 0 Å². The fraction of sp³-hybridized carbons (Fsp3) is 0.333. The number of hydrogen-bond donors (Lipinski definition) is 0. The summed E-state index contributed by atoms with van der Waals surface area (Å²) in [5.41, 5.74) is 2.83. The first-order chi connectivity index (χ1) is 10.0. The van der Waals surface area contributed by atoms with Gasteiger partial charge in [-0.15, -0.1) is 0 Å². The molecule has 0 bridgehead atoms. The van der Waals surface area contributed by atoms with E-state index >= 15 is 0 Å². The van der Waals surface area contributed by atoms with E-state index in [2.05, 4.69) is 9.97 Å². The second-order valence-electron chi connectivity index (χ2n) is 4.72. The molecule has 0 saturated carbocycles. The Morgan fingerprint density at radius 2 is 1.62 bits per heavy atom. The Bertz CT molecular complexity index is 672. The number of aryl methyl sites for hydroxylation is 2. The molecule has 0 saturated heterocycles. The van der Waals surface area contributed by atoms with E-state index in [-0.39, 0.29) is 6.61 Å². The summed E-state index contributed by atoms with van der Waals surface area (Å²) in [6, 6.07) is 11.6. The van der Waals surface area contributed by atoms with Gasteiger partial charge in [-0.25, -0.2) is 0 Å². The third kappa shape index (κ3) is 6.01. The molecule has 2 heterocycles. The quantitative estimate of drug-likeness (QED) is 0.729. The molecule has 6 heteroatoms. The summed E-state index contributed by atoms with van der Waals surface area (Å²) in [5.74, 6) is 0. The Labute approximate surface area is 125 Å². The first-order valence-corrected chi connectivity index (χ1v) is 8.54. The van der Waals surface area contributed by atoms with Crippen molar-refractivity contribution in [3.05, 3.63) is 59.7 Å². The van der Waals surface area contributed by atoms with Gasteiger partial charge in [0.05, 0.1) is 12.9 Å². The van der Waals surface area contributed by atoms with Gasteiger partial charge in [-0.3, -0.25) is 14.2 Å². The first kappa shape index (κ1) is 15.6. The molecule has 0 spiro atoms. The van der Waals surface area contributed by atoms with Crippen LogP contribution < -0.4 is 0 Å². The van der Waals surface area contributed by atoms with Crippen molar-refractivity contribution in [1.82, 2.24) is 9.97 Å². The molecule has 0 unspecified atom stereocenters. The maximum Gasteiger partial charge on any atom is 0.264 e. The maximum absolute atomic E-state index is 10.9. The average molecular weight is 306 g/mol. The monoisotopic (exact) mass is 306 g/mol.